The summed E-state index contributed by atoms with van der Waals surface area (Å²) in [6.45, 7) is -0.0220. The summed E-state index contributed by atoms with van der Waals surface area (Å²) < 4.78 is 38.4. The van der Waals surface area contributed by atoms with Crippen molar-refractivity contribution in [1.29, 1.82) is 0 Å². The average molecular weight is 407 g/mol. The van der Waals surface area contributed by atoms with Crippen molar-refractivity contribution in [2.75, 3.05) is 33.1 Å². The van der Waals surface area contributed by atoms with Gasteiger partial charge in [0.15, 0.2) is 27.9 Å². The second-order valence-corrected chi connectivity index (χ2v) is 7.74. The number of sulfone groups is 1. The number of methoxy groups -OCH3 is 1. The number of esters is 1. The molecular weight excluding hydrogens is 386 g/mol. The van der Waals surface area contributed by atoms with Crippen LogP contribution in [-0.2, 0) is 19.4 Å². The van der Waals surface area contributed by atoms with Crippen LogP contribution in [0.5, 0.6) is 11.5 Å². The molecule has 0 heterocycles. The van der Waals surface area contributed by atoms with Gasteiger partial charge in [-0.15, -0.1) is 0 Å². The Morgan fingerprint density at radius 2 is 1.64 bits per heavy atom. The summed E-state index contributed by atoms with van der Waals surface area (Å²) in [4.78, 5) is 23.8. The maximum Gasteiger partial charge on any atom is 0.338 e. The fourth-order valence-electron chi connectivity index (χ4n) is 2.19. The topological polar surface area (TPSA) is 108 Å². The van der Waals surface area contributed by atoms with Crippen molar-refractivity contribution in [2.24, 2.45) is 0 Å². The molecule has 0 aliphatic rings. The number of para-hydroxylation sites is 2. The Balaban J connectivity index is 1.72. The first-order valence-corrected chi connectivity index (χ1v) is 10.2. The lowest BCUT2D eigenvalue weighted by atomic mass is 10.2. The first kappa shape index (κ1) is 21.2. The molecule has 0 bridgehead atoms. The van der Waals surface area contributed by atoms with Crippen LogP contribution in [0, 0.1) is 0 Å². The zero-order valence-electron chi connectivity index (χ0n) is 15.5. The molecule has 2 rings (SSSR count). The van der Waals surface area contributed by atoms with Gasteiger partial charge in [0.05, 0.1) is 24.1 Å². The van der Waals surface area contributed by atoms with E-state index in [1.54, 1.807) is 18.2 Å². The van der Waals surface area contributed by atoms with E-state index in [2.05, 4.69) is 5.32 Å². The van der Waals surface area contributed by atoms with Gasteiger partial charge >= 0.3 is 5.97 Å². The summed E-state index contributed by atoms with van der Waals surface area (Å²) in [6.07, 6.45) is 1.07. The minimum atomic E-state index is -3.34. The van der Waals surface area contributed by atoms with Crippen LogP contribution in [0.2, 0.25) is 0 Å². The first-order chi connectivity index (χ1) is 13.3. The van der Waals surface area contributed by atoms with Gasteiger partial charge in [0, 0.05) is 6.26 Å². The second kappa shape index (κ2) is 9.75. The van der Waals surface area contributed by atoms with E-state index >= 15 is 0 Å². The summed E-state index contributed by atoms with van der Waals surface area (Å²) in [7, 11) is -1.81. The van der Waals surface area contributed by atoms with Crippen LogP contribution >= 0.6 is 0 Å². The van der Waals surface area contributed by atoms with Gasteiger partial charge in [-0.3, -0.25) is 4.79 Å². The number of hydrogen-bond donors (Lipinski definition) is 1. The quantitative estimate of drug-likeness (QED) is 0.495. The Hall–Kier alpha value is -3.07. The fourth-order valence-corrected chi connectivity index (χ4v) is 2.82. The van der Waals surface area contributed by atoms with Gasteiger partial charge in [0.1, 0.15) is 6.61 Å². The lowest BCUT2D eigenvalue weighted by molar-refractivity contribution is -0.124. The van der Waals surface area contributed by atoms with E-state index in [0.29, 0.717) is 11.5 Å². The summed E-state index contributed by atoms with van der Waals surface area (Å²) in [5, 5.41) is 2.56. The van der Waals surface area contributed by atoms with Crippen molar-refractivity contribution >= 4 is 21.7 Å². The Morgan fingerprint density at radius 3 is 2.25 bits per heavy atom. The van der Waals surface area contributed by atoms with E-state index in [1.807, 2.05) is 6.07 Å². The van der Waals surface area contributed by atoms with Gasteiger partial charge in [0.2, 0.25) is 0 Å². The molecule has 0 unspecified atom stereocenters. The van der Waals surface area contributed by atoms with Gasteiger partial charge in [0.25, 0.3) is 5.91 Å². The number of nitrogens with one attached hydrogen (secondary N) is 1. The number of carbonyl (C=O) groups is 2. The van der Waals surface area contributed by atoms with Crippen LogP contribution < -0.4 is 14.8 Å². The third kappa shape index (κ3) is 6.27. The van der Waals surface area contributed by atoms with Crippen molar-refractivity contribution in [3.63, 3.8) is 0 Å². The summed E-state index contributed by atoms with van der Waals surface area (Å²) in [5.41, 5.74) is 0.153. The number of benzene rings is 2. The Labute approximate surface area is 163 Å². The Bertz CT molecular complexity index is 924. The van der Waals surface area contributed by atoms with Gasteiger partial charge < -0.3 is 19.5 Å². The highest BCUT2D eigenvalue weighted by Crippen LogP contribution is 2.25. The molecule has 0 saturated heterocycles. The lowest BCUT2D eigenvalue weighted by Crippen LogP contribution is -2.32. The highest BCUT2D eigenvalue weighted by molar-refractivity contribution is 7.90. The molecule has 0 atom stereocenters. The van der Waals surface area contributed by atoms with Gasteiger partial charge in [-0.2, -0.15) is 0 Å². The third-order valence-electron chi connectivity index (χ3n) is 3.60. The Kier molecular flexibility index (Phi) is 7.39. The molecule has 28 heavy (non-hydrogen) atoms. The van der Waals surface area contributed by atoms with Crippen LogP contribution in [-0.4, -0.2) is 53.4 Å². The van der Waals surface area contributed by atoms with E-state index in [9.17, 15) is 18.0 Å². The zero-order valence-corrected chi connectivity index (χ0v) is 16.3. The molecule has 1 amide bonds. The van der Waals surface area contributed by atoms with Crippen molar-refractivity contribution in [3.8, 4) is 11.5 Å². The standard InChI is InChI=1S/C19H21NO7S/c1-25-16-5-3-4-6-17(16)26-12-11-20-18(21)13-27-19(22)14-7-9-15(10-8-14)28(2,23)24/h3-10H,11-13H2,1-2H3,(H,20,21). The number of amides is 1. The highest BCUT2D eigenvalue weighted by Gasteiger charge is 2.12. The average Bonchev–Trinajstić information content (AvgIpc) is 2.69. The van der Waals surface area contributed by atoms with Crippen molar-refractivity contribution < 1.29 is 32.2 Å². The minimum absolute atomic E-state index is 0.0943. The van der Waals surface area contributed by atoms with Crippen LogP contribution in [0.4, 0.5) is 0 Å². The predicted molar refractivity (Wildman–Crippen MR) is 101 cm³/mol. The zero-order chi connectivity index (χ0) is 20.6. The molecule has 0 fully saturated rings. The molecule has 0 aromatic heterocycles. The van der Waals surface area contributed by atoms with Gasteiger partial charge in [-0.05, 0) is 36.4 Å². The van der Waals surface area contributed by atoms with Gasteiger partial charge in [-0.25, -0.2) is 13.2 Å². The highest BCUT2D eigenvalue weighted by atomic mass is 32.2. The molecular formula is C19H21NO7S. The van der Waals surface area contributed by atoms with Crippen LogP contribution in [0.3, 0.4) is 0 Å². The molecule has 0 spiro atoms. The molecule has 0 aliphatic carbocycles. The number of rotatable bonds is 9. The minimum Gasteiger partial charge on any atom is -0.493 e. The fraction of sp³-hybridized carbons (Fsp3) is 0.263. The van der Waals surface area contributed by atoms with E-state index in [1.165, 1.54) is 31.4 Å². The van der Waals surface area contributed by atoms with E-state index in [-0.39, 0.29) is 23.6 Å². The molecule has 2 aromatic rings. The second-order valence-electron chi connectivity index (χ2n) is 5.72. The van der Waals surface area contributed by atoms with E-state index in [4.69, 9.17) is 14.2 Å². The van der Waals surface area contributed by atoms with Crippen LogP contribution in [0.15, 0.2) is 53.4 Å². The predicted octanol–water partition coefficient (Wildman–Crippen LogP) is 1.45. The first-order valence-electron chi connectivity index (χ1n) is 8.31. The molecule has 0 aliphatic heterocycles. The number of hydrogen-bond acceptors (Lipinski definition) is 7. The smallest absolute Gasteiger partial charge is 0.338 e. The molecule has 8 nitrogen and oxygen atoms in total. The van der Waals surface area contributed by atoms with Crippen molar-refractivity contribution in [2.45, 2.75) is 4.90 Å². The number of carbonyl (C=O) groups excluding carboxylic acids is 2. The summed E-state index contributed by atoms with van der Waals surface area (Å²) >= 11 is 0. The molecule has 0 saturated carbocycles. The molecule has 0 radical (unpaired) electrons. The summed E-state index contributed by atoms with van der Waals surface area (Å²) in [6, 6.07) is 12.4. The summed E-state index contributed by atoms with van der Waals surface area (Å²) in [5.74, 6) is -0.0573. The third-order valence-corrected chi connectivity index (χ3v) is 4.73. The monoisotopic (exact) mass is 407 g/mol. The van der Waals surface area contributed by atoms with Gasteiger partial charge in [-0.1, -0.05) is 12.1 Å². The van der Waals surface area contributed by atoms with E-state index in [0.717, 1.165) is 6.26 Å². The maximum absolute atomic E-state index is 11.9. The van der Waals surface area contributed by atoms with E-state index < -0.39 is 28.3 Å². The van der Waals surface area contributed by atoms with Crippen LogP contribution in [0.25, 0.3) is 0 Å². The van der Waals surface area contributed by atoms with Crippen LogP contribution in [0.1, 0.15) is 10.4 Å². The Morgan fingerprint density at radius 1 is 1.00 bits per heavy atom. The van der Waals surface area contributed by atoms with Crippen molar-refractivity contribution in [3.05, 3.63) is 54.1 Å². The van der Waals surface area contributed by atoms with Crippen molar-refractivity contribution in [1.82, 2.24) is 5.32 Å². The molecule has 2 aromatic carbocycles. The normalized spacial score (nSPS) is 10.8. The molecule has 9 heteroatoms. The largest absolute Gasteiger partial charge is 0.493 e. The molecule has 150 valence electrons. The lowest BCUT2D eigenvalue weighted by Gasteiger charge is -2.11. The SMILES string of the molecule is COc1ccccc1OCCNC(=O)COC(=O)c1ccc(S(C)(=O)=O)cc1. The number of ether oxygens (including phenoxy) is 3. The maximum atomic E-state index is 11.9. The molecule has 1 N–H and O–H groups in total.